The van der Waals surface area contributed by atoms with E-state index in [1.807, 2.05) is 37.3 Å². The van der Waals surface area contributed by atoms with Crippen molar-refractivity contribution >= 4 is 40.7 Å². The molecule has 0 unspecified atom stereocenters. The summed E-state index contributed by atoms with van der Waals surface area (Å²) in [6.07, 6.45) is 0. The summed E-state index contributed by atoms with van der Waals surface area (Å²) in [6.45, 7) is 2.34. The Bertz CT molecular complexity index is 705. The zero-order valence-corrected chi connectivity index (χ0v) is 14.0. The van der Waals surface area contributed by atoms with Crippen LogP contribution in [0.5, 0.6) is 0 Å². The smallest absolute Gasteiger partial charge is 0.313 e. The van der Waals surface area contributed by atoms with Crippen molar-refractivity contribution in [3.8, 4) is 0 Å². The standard InChI is InChI=1S/C17H16Cl2N2O2/c1-11(12-5-3-2-4-6-12)10-20-16(22)17(23)21-15-8-7-13(18)9-14(15)19/h2-9,11H,10H2,1H3,(H,20,22)(H,21,23)/t11-/m1/s1. The van der Waals surface area contributed by atoms with Gasteiger partial charge in [0.1, 0.15) is 0 Å². The summed E-state index contributed by atoms with van der Waals surface area (Å²) in [6, 6.07) is 14.4. The summed E-state index contributed by atoms with van der Waals surface area (Å²) >= 11 is 11.7. The van der Waals surface area contributed by atoms with Gasteiger partial charge in [0.05, 0.1) is 10.7 Å². The van der Waals surface area contributed by atoms with Gasteiger partial charge in [0, 0.05) is 11.6 Å². The zero-order chi connectivity index (χ0) is 16.8. The topological polar surface area (TPSA) is 58.2 Å². The fourth-order valence-corrected chi connectivity index (χ4v) is 2.45. The van der Waals surface area contributed by atoms with Crippen LogP contribution >= 0.6 is 23.2 Å². The number of halogens is 2. The Morgan fingerprint density at radius 2 is 1.74 bits per heavy atom. The van der Waals surface area contributed by atoms with Crippen molar-refractivity contribution in [3.63, 3.8) is 0 Å². The van der Waals surface area contributed by atoms with Gasteiger partial charge >= 0.3 is 11.8 Å². The van der Waals surface area contributed by atoms with Crippen molar-refractivity contribution in [1.82, 2.24) is 5.32 Å². The molecule has 0 aromatic heterocycles. The summed E-state index contributed by atoms with van der Waals surface area (Å²) in [5.74, 6) is -1.37. The molecule has 2 aromatic carbocycles. The van der Waals surface area contributed by atoms with Crippen LogP contribution in [0.15, 0.2) is 48.5 Å². The fourth-order valence-electron chi connectivity index (χ4n) is 2.00. The van der Waals surface area contributed by atoms with Crippen LogP contribution < -0.4 is 10.6 Å². The summed E-state index contributed by atoms with van der Waals surface area (Å²) in [5, 5.41) is 5.80. The van der Waals surface area contributed by atoms with E-state index < -0.39 is 11.8 Å². The van der Waals surface area contributed by atoms with Crippen molar-refractivity contribution in [2.24, 2.45) is 0 Å². The van der Waals surface area contributed by atoms with E-state index in [-0.39, 0.29) is 10.9 Å². The first-order valence-electron chi connectivity index (χ1n) is 7.06. The highest BCUT2D eigenvalue weighted by atomic mass is 35.5. The van der Waals surface area contributed by atoms with Gasteiger partial charge in [0.2, 0.25) is 0 Å². The maximum absolute atomic E-state index is 11.9. The number of anilines is 1. The van der Waals surface area contributed by atoms with Crippen LogP contribution in [0.3, 0.4) is 0 Å². The third-order valence-electron chi connectivity index (χ3n) is 3.32. The predicted octanol–water partition coefficient (Wildman–Crippen LogP) is 3.85. The zero-order valence-electron chi connectivity index (χ0n) is 12.5. The molecule has 2 rings (SSSR count). The summed E-state index contributed by atoms with van der Waals surface area (Å²) in [7, 11) is 0. The first-order valence-corrected chi connectivity index (χ1v) is 7.82. The molecule has 0 radical (unpaired) electrons. The number of amides is 2. The van der Waals surface area contributed by atoms with E-state index in [0.29, 0.717) is 17.3 Å². The third-order valence-corrected chi connectivity index (χ3v) is 3.87. The Balaban J connectivity index is 1.89. The maximum atomic E-state index is 11.9. The number of benzene rings is 2. The number of nitrogens with one attached hydrogen (secondary N) is 2. The highest BCUT2D eigenvalue weighted by molar-refractivity contribution is 6.42. The molecule has 0 aliphatic carbocycles. The third kappa shape index (κ3) is 4.98. The molecule has 0 aliphatic rings. The first kappa shape index (κ1) is 17.3. The van der Waals surface area contributed by atoms with Crippen LogP contribution in [0, 0.1) is 0 Å². The van der Waals surface area contributed by atoms with Crippen LogP contribution in [-0.2, 0) is 9.59 Å². The van der Waals surface area contributed by atoms with Gasteiger partial charge in [-0.3, -0.25) is 9.59 Å². The summed E-state index contributed by atoms with van der Waals surface area (Å²) in [4.78, 5) is 23.8. The molecule has 4 nitrogen and oxygen atoms in total. The molecule has 2 aromatic rings. The minimum absolute atomic E-state index is 0.104. The van der Waals surface area contributed by atoms with Crippen molar-refractivity contribution in [1.29, 1.82) is 0 Å². The van der Waals surface area contributed by atoms with Crippen LogP contribution in [0.4, 0.5) is 5.69 Å². The van der Waals surface area contributed by atoms with Crippen LogP contribution in [0.25, 0.3) is 0 Å². The van der Waals surface area contributed by atoms with Crippen molar-refractivity contribution in [3.05, 3.63) is 64.1 Å². The van der Waals surface area contributed by atoms with Crippen molar-refractivity contribution in [2.45, 2.75) is 12.8 Å². The summed E-state index contributed by atoms with van der Waals surface area (Å²) in [5.41, 5.74) is 1.43. The lowest BCUT2D eigenvalue weighted by Gasteiger charge is -2.13. The van der Waals surface area contributed by atoms with E-state index in [4.69, 9.17) is 23.2 Å². The molecule has 0 saturated carbocycles. The predicted molar refractivity (Wildman–Crippen MR) is 93.0 cm³/mol. The maximum Gasteiger partial charge on any atom is 0.313 e. The van der Waals surface area contributed by atoms with Gasteiger partial charge in [0.15, 0.2) is 0 Å². The van der Waals surface area contributed by atoms with Gasteiger partial charge in [-0.2, -0.15) is 0 Å². The van der Waals surface area contributed by atoms with Gasteiger partial charge in [-0.25, -0.2) is 0 Å². The largest absolute Gasteiger partial charge is 0.347 e. The lowest BCUT2D eigenvalue weighted by molar-refractivity contribution is -0.136. The Morgan fingerprint density at radius 3 is 2.39 bits per heavy atom. The summed E-state index contributed by atoms with van der Waals surface area (Å²) < 4.78 is 0. The molecule has 6 heteroatoms. The molecule has 2 amide bonds. The number of carbonyl (C=O) groups excluding carboxylic acids is 2. The Kier molecular flexibility index (Phi) is 6.02. The molecule has 0 fully saturated rings. The fraction of sp³-hybridized carbons (Fsp3) is 0.176. The van der Waals surface area contributed by atoms with Crippen molar-refractivity contribution < 1.29 is 9.59 Å². The number of hydrogen-bond donors (Lipinski definition) is 2. The highest BCUT2D eigenvalue weighted by Crippen LogP contribution is 2.25. The Morgan fingerprint density at radius 1 is 1.04 bits per heavy atom. The molecule has 2 N–H and O–H groups in total. The quantitative estimate of drug-likeness (QED) is 0.822. The van der Waals surface area contributed by atoms with Crippen LogP contribution in [0.2, 0.25) is 10.0 Å². The molecular weight excluding hydrogens is 335 g/mol. The normalized spacial score (nSPS) is 11.6. The average molecular weight is 351 g/mol. The molecule has 0 saturated heterocycles. The Hall–Kier alpha value is -2.04. The molecule has 120 valence electrons. The van der Waals surface area contributed by atoms with Crippen molar-refractivity contribution in [2.75, 3.05) is 11.9 Å². The number of rotatable bonds is 4. The van der Waals surface area contributed by atoms with Gasteiger partial charge in [-0.1, -0.05) is 60.5 Å². The highest BCUT2D eigenvalue weighted by Gasteiger charge is 2.16. The van der Waals surface area contributed by atoms with E-state index in [9.17, 15) is 9.59 Å². The van der Waals surface area contributed by atoms with Gasteiger partial charge in [-0.15, -0.1) is 0 Å². The number of carbonyl (C=O) groups is 2. The van der Waals surface area contributed by atoms with Gasteiger partial charge in [-0.05, 0) is 29.7 Å². The van der Waals surface area contributed by atoms with E-state index in [1.54, 1.807) is 12.1 Å². The van der Waals surface area contributed by atoms with E-state index in [0.717, 1.165) is 5.56 Å². The lowest BCUT2D eigenvalue weighted by Crippen LogP contribution is -2.37. The van der Waals surface area contributed by atoms with Gasteiger partial charge < -0.3 is 10.6 Å². The van der Waals surface area contributed by atoms with Gasteiger partial charge in [0.25, 0.3) is 0 Å². The molecule has 1 atom stereocenters. The molecule has 0 aliphatic heterocycles. The molecule has 0 heterocycles. The molecule has 0 bridgehead atoms. The van der Waals surface area contributed by atoms with E-state index in [1.165, 1.54) is 6.07 Å². The van der Waals surface area contributed by atoms with E-state index >= 15 is 0 Å². The second-order valence-corrected chi connectivity index (χ2v) is 5.94. The lowest BCUT2D eigenvalue weighted by atomic mass is 10.0. The van der Waals surface area contributed by atoms with E-state index in [2.05, 4.69) is 10.6 Å². The van der Waals surface area contributed by atoms with Crippen LogP contribution in [-0.4, -0.2) is 18.4 Å². The first-order chi connectivity index (χ1) is 11.0. The minimum Gasteiger partial charge on any atom is -0.347 e. The molecular formula is C17H16Cl2N2O2. The number of hydrogen-bond acceptors (Lipinski definition) is 2. The minimum atomic E-state index is -0.769. The second kappa shape index (κ2) is 7.99. The SMILES string of the molecule is C[C@H](CNC(=O)C(=O)Nc1ccc(Cl)cc1Cl)c1ccccc1. The monoisotopic (exact) mass is 350 g/mol. The van der Waals surface area contributed by atoms with Crippen LogP contribution in [0.1, 0.15) is 18.4 Å². The molecule has 23 heavy (non-hydrogen) atoms. The second-order valence-electron chi connectivity index (χ2n) is 5.10. The molecule has 0 spiro atoms. The Labute approximate surface area is 144 Å². The average Bonchev–Trinajstić information content (AvgIpc) is 2.55.